The number of benzene rings is 2. The Bertz CT molecular complexity index is 913. The lowest BCUT2D eigenvalue weighted by Crippen LogP contribution is -2.30. The Labute approximate surface area is 167 Å². The summed E-state index contributed by atoms with van der Waals surface area (Å²) in [5.74, 6) is 1.28. The third-order valence-corrected chi connectivity index (χ3v) is 5.89. The lowest BCUT2D eigenvalue weighted by molar-refractivity contribution is -0.122. The fourth-order valence-electron chi connectivity index (χ4n) is 2.42. The third kappa shape index (κ3) is 5.55. The smallest absolute Gasteiger partial charge is 0.266 e. The zero-order valence-electron chi connectivity index (χ0n) is 15.4. The molecule has 1 heterocycles. The van der Waals surface area contributed by atoms with Crippen LogP contribution in [0.4, 0.5) is 5.13 Å². The minimum absolute atomic E-state index is 0.245. The maximum atomic E-state index is 12.4. The van der Waals surface area contributed by atoms with Gasteiger partial charge in [-0.1, -0.05) is 71.1 Å². The molecule has 0 aliphatic heterocycles. The topological polar surface area (TPSA) is 64.1 Å². The molecule has 0 spiro atoms. The minimum Gasteiger partial charge on any atom is -0.481 e. The number of nitrogens with one attached hydrogen (secondary N) is 1. The molecule has 27 heavy (non-hydrogen) atoms. The summed E-state index contributed by atoms with van der Waals surface area (Å²) >= 11 is 2.96. The molecule has 1 aromatic heterocycles. The Balaban J connectivity index is 1.53. The van der Waals surface area contributed by atoms with Crippen molar-refractivity contribution in [3.63, 3.8) is 0 Å². The number of hydrogen-bond acceptors (Lipinski definition) is 6. The maximum Gasteiger partial charge on any atom is 0.266 e. The molecule has 7 heteroatoms. The fraction of sp³-hybridized carbons (Fsp3) is 0.250. The van der Waals surface area contributed by atoms with E-state index in [-0.39, 0.29) is 5.91 Å². The van der Waals surface area contributed by atoms with Crippen LogP contribution in [0.5, 0.6) is 5.75 Å². The van der Waals surface area contributed by atoms with Crippen LogP contribution in [0.3, 0.4) is 0 Å². The average molecular weight is 400 g/mol. The highest BCUT2D eigenvalue weighted by Crippen LogP contribution is 2.28. The van der Waals surface area contributed by atoms with Gasteiger partial charge < -0.3 is 4.74 Å². The van der Waals surface area contributed by atoms with Crippen LogP contribution < -0.4 is 10.1 Å². The van der Waals surface area contributed by atoms with Gasteiger partial charge in [0.15, 0.2) is 10.4 Å². The van der Waals surface area contributed by atoms with Crippen LogP contribution in [0.2, 0.25) is 0 Å². The van der Waals surface area contributed by atoms with Gasteiger partial charge in [0.05, 0.1) is 0 Å². The number of carbonyl (C=O) groups is 1. The second-order valence-electron chi connectivity index (χ2n) is 6.17. The van der Waals surface area contributed by atoms with Crippen LogP contribution in [0.25, 0.3) is 0 Å². The molecule has 1 atom stereocenters. The van der Waals surface area contributed by atoms with Gasteiger partial charge in [-0.15, -0.1) is 10.2 Å². The number of nitrogens with zero attached hydrogens (tertiary/aromatic N) is 2. The normalized spacial score (nSPS) is 11.8. The van der Waals surface area contributed by atoms with Crippen molar-refractivity contribution in [2.75, 3.05) is 5.32 Å². The third-order valence-electron chi connectivity index (χ3n) is 3.85. The van der Waals surface area contributed by atoms with Gasteiger partial charge in [-0.3, -0.25) is 10.1 Å². The fourth-order valence-corrected chi connectivity index (χ4v) is 4.13. The average Bonchev–Trinajstić information content (AvgIpc) is 3.10. The van der Waals surface area contributed by atoms with Gasteiger partial charge >= 0.3 is 0 Å². The first kappa shape index (κ1) is 19.4. The van der Waals surface area contributed by atoms with Crippen LogP contribution in [0.1, 0.15) is 23.6 Å². The van der Waals surface area contributed by atoms with E-state index in [2.05, 4.69) is 27.6 Å². The predicted molar refractivity (Wildman–Crippen MR) is 111 cm³/mol. The van der Waals surface area contributed by atoms with Crippen LogP contribution in [0.15, 0.2) is 52.9 Å². The SMILES string of the molecule is Cc1ccc(O[C@H](C)C(=O)Nc2nnc(SCc3ccccc3)s2)c(C)c1. The van der Waals surface area contributed by atoms with E-state index in [0.717, 1.165) is 21.2 Å². The van der Waals surface area contributed by atoms with Gasteiger partial charge in [0.2, 0.25) is 5.13 Å². The number of aryl methyl sites for hydroxylation is 2. The van der Waals surface area contributed by atoms with E-state index in [4.69, 9.17) is 4.74 Å². The minimum atomic E-state index is -0.629. The highest BCUT2D eigenvalue weighted by molar-refractivity contribution is 8.00. The number of carbonyl (C=O) groups excluding carboxylic acids is 1. The zero-order chi connectivity index (χ0) is 19.2. The monoisotopic (exact) mass is 399 g/mol. The highest BCUT2D eigenvalue weighted by Gasteiger charge is 2.18. The summed E-state index contributed by atoms with van der Waals surface area (Å²) in [5, 5.41) is 11.4. The molecule has 0 radical (unpaired) electrons. The van der Waals surface area contributed by atoms with E-state index in [9.17, 15) is 4.79 Å². The molecule has 2 aromatic carbocycles. The molecule has 0 saturated carbocycles. The van der Waals surface area contributed by atoms with E-state index in [1.54, 1.807) is 18.7 Å². The molecule has 140 valence electrons. The largest absolute Gasteiger partial charge is 0.481 e. The van der Waals surface area contributed by atoms with Crippen LogP contribution >= 0.6 is 23.1 Å². The van der Waals surface area contributed by atoms with Gasteiger partial charge in [0.25, 0.3) is 5.91 Å². The van der Waals surface area contributed by atoms with Crippen molar-refractivity contribution in [1.29, 1.82) is 0 Å². The molecular weight excluding hydrogens is 378 g/mol. The molecule has 1 amide bonds. The summed E-state index contributed by atoms with van der Waals surface area (Å²) < 4.78 is 6.60. The molecule has 0 aliphatic rings. The summed E-state index contributed by atoms with van der Waals surface area (Å²) in [5.41, 5.74) is 3.38. The van der Waals surface area contributed by atoms with Crippen LogP contribution in [-0.4, -0.2) is 22.2 Å². The summed E-state index contributed by atoms with van der Waals surface area (Å²) in [7, 11) is 0. The lowest BCUT2D eigenvalue weighted by Gasteiger charge is -2.15. The Morgan fingerprint density at radius 1 is 1.19 bits per heavy atom. The number of ether oxygens (including phenoxy) is 1. The first-order valence-corrected chi connectivity index (χ1v) is 10.4. The highest BCUT2D eigenvalue weighted by atomic mass is 32.2. The summed E-state index contributed by atoms with van der Waals surface area (Å²) in [6.45, 7) is 5.71. The van der Waals surface area contributed by atoms with E-state index >= 15 is 0 Å². The molecule has 0 unspecified atom stereocenters. The molecule has 3 aromatic rings. The number of rotatable bonds is 7. The molecule has 0 saturated heterocycles. The van der Waals surface area contributed by atoms with E-state index in [1.807, 2.05) is 50.2 Å². The van der Waals surface area contributed by atoms with Crippen molar-refractivity contribution in [3.05, 3.63) is 65.2 Å². The number of aromatic nitrogens is 2. The standard InChI is InChI=1S/C20H21N3O2S2/c1-13-9-10-17(14(2)11-13)25-15(3)18(24)21-19-22-23-20(27-19)26-12-16-7-5-4-6-8-16/h4-11,15H,12H2,1-3H3,(H,21,22,24)/t15-/m1/s1. The maximum absolute atomic E-state index is 12.4. The summed E-state index contributed by atoms with van der Waals surface area (Å²) in [6, 6.07) is 16.0. The molecule has 5 nitrogen and oxygen atoms in total. The van der Waals surface area contributed by atoms with Crippen LogP contribution in [-0.2, 0) is 10.5 Å². The predicted octanol–water partition coefficient (Wildman–Crippen LogP) is 4.85. The quantitative estimate of drug-likeness (QED) is 0.454. The molecule has 0 bridgehead atoms. The number of amides is 1. The van der Waals surface area contributed by atoms with Gasteiger partial charge in [-0.2, -0.15) is 0 Å². The van der Waals surface area contributed by atoms with Crippen molar-refractivity contribution >= 4 is 34.1 Å². The first-order valence-electron chi connectivity index (χ1n) is 8.56. The Kier molecular flexibility index (Phi) is 6.47. The van der Waals surface area contributed by atoms with Crippen molar-refractivity contribution in [2.45, 2.75) is 37.0 Å². The number of hydrogen-bond donors (Lipinski definition) is 1. The first-order chi connectivity index (χ1) is 13.0. The number of thioether (sulfide) groups is 1. The van der Waals surface area contributed by atoms with E-state index < -0.39 is 6.10 Å². The van der Waals surface area contributed by atoms with Gasteiger partial charge in [-0.25, -0.2) is 0 Å². The van der Waals surface area contributed by atoms with E-state index in [1.165, 1.54) is 16.9 Å². The van der Waals surface area contributed by atoms with Crippen LogP contribution in [0, 0.1) is 13.8 Å². The molecule has 0 aliphatic carbocycles. The summed E-state index contributed by atoms with van der Waals surface area (Å²) in [6.07, 6.45) is -0.629. The Hall–Kier alpha value is -2.38. The Morgan fingerprint density at radius 3 is 2.70 bits per heavy atom. The van der Waals surface area contributed by atoms with E-state index in [0.29, 0.717) is 10.9 Å². The molecule has 0 fully saturated rings. The number of anilines is 1. The molecular formula is C20H21N3O2S2. The molecule has 3 rings (SSSR count). The Morgan fingerprint density at radius 2 is 1.96 bits per heavy atom. The summed E-state index contributed by atoms with van der Waals surface area (Å²) in [4.78, 5) is 12.4. The second kappa shape index (κ2) is 9.01. The van der Waals surface area contributed by atoms with Gasteiger partial charge in [-0.05, 0) is 38.0 Å². The van der Waals surface area contributed by atoms with Crippen molar-refractivity contribution < 1.29 is 9.53 Å². The van der Waals surface area contributed by atoms with Crippen molar-refractivity contribution in [1.82, 2.24) is 10.2 Å². The van der Waals surface area contributed by atoms with Crippen molar-refractivity contribution in [3.8, 4) is 5.75 Å². The lowest BCUT2D eigenvalue weighted by atomic mass is 10.1. The van der Waals surface area contributed by atoms with Crippen molar-refractivity contribution in [2.24, 2.45) is 0 Å². The second-order valence-corrected chi connectivity index (χ2v) is 8.37. The van der Waals surface area contributed by atoms with Gasteiger partial charge in [0.1, 0.15) is 5.75 Å². The zero-order valence-corrected chi connectivity index (χ0v) is 17.1. The molecule has 1 N–H and O–H groups in total. The van der Waals surface area contributed by atoms with Gasteiger partial charge in [0, 0.05) is 5.75 Å².